The zero-order chi connectivity index (χ0) is 20.1. The van der Waals surface area contributed by atoms with Crippen molar-refractivity contribution < 1.29 is 23.9 Å². The van der Waals surface area contributed by atoms with Crippen LogP contribution in [0.3, 0.4) is 0 Å². The summed E-state index contributed by atoms with van der Waals surface area (Å²) in [6.07, 6.45) is 2.37. The van der Waals surface area contributed by atoms with Gasteiger partial charge in [0, 0.05) is 6.20 Å². The summed E-state index contributed by atoms with van der Waals surface area (Å²) in [4.78, 5) is 37.3. The van der Waals surface area contributed by atoms with E-state index in [0.29, 0.717) is 12.0 Å². The molecule has 146 valence electrons. The van der Waals surface area contributed by atoms with Crippen LogP contribution in [0.5, 0.6) is 0 Å². The summed E-state index contributed by atoms with van der Waals surface area (Å²) in [5.74, 6) is -1.52. The van der Waals surface area contributed by atoms with E-state index in [2.05, 4.69) is 10.4 Å². The van der Waals surface area contributed by atoms with E-state index in [1.54, 1.807) is 26.1 Å². The zero-order valence-electron chi connectivity index (χ0n) is 16.0. The Morgan fingerprint density at radius 3 is 2.56 bits per heavy atom. The Morgan fingerprint density at radius 1 is 1.30 bits per heavy atom. The van der Waals surface area contributed by atoms with Gasteiger partial charge in [0.05, 0.1) is 25.0 Å². The maximum absolute atomic E-state index is 12.6. The monoisotopic (exact) mass is 393 g/mol. The SMILES string of the molecule is CCCOC(=O)c1c(NC(=O)C(C)n2ccc(C)n2)sc(C(=O)OC)c1C. The second-order valence-electron chi connectivity index (χ2n) is 5.99. The first-order valence-corrected chi connectivity index (χ1v) is 9.33. The fourth-order valence-corrected chi connectivity index (χ4v) is 3.50. The Morgan fingerprint density at radius 2 is 2.00 bits per heavy atom. The van der Waals surface area contributed by atoms with Crippen molar-refractivity contribution >= 4 is 34.2 Å². The predicted octanol–water partition coefficient (Wildman–Crippen LogP) is 3.11. The van der Waals surface area contributed by atoms with E-state index in [9.17, 15) is 14.4 Å². The van der Waals surface area contributed by atoms with E-state index in [4.69, 9.17) is 9.47 Å². The quantitative estimate of drug-likeness (QED) is 0.726. The molecule has 0 saturated carbocycles. The van der Waals surface area contributed by atoms with E-state index in [1.807, 2.05) is 13.8 Å². The Kier molecular flexibility index (Phi) is 6.73. The zero-order valence-corrected chi connectivity index (χ0v) is 16.8. The Hall–Kier alpha value is -2.68. The lowest BCUT2D eigenvalue weighted by Gasteiger charge is -2.13. The second-order valence-corrected chi connectivity index (χ2v) is 7.01. The molecule has 9 heteroatoms. The molecule has 0 saturated heterocycles. The Labute approximate surface area is 161 Å². The number of carbonyl (C=O) groups is 3. The molecule has 2 aromatic heterocycles. The number of hydrogen-bond acceptors (Lipinski definition) is 7. The van der Waals surface area contributed by atoms with Crippen LogP contribution in [-0.4, -0.2) is 41.3 Å². The van der Waals surface area contributed by atoms with Gasteiger partial charge in [0.2, 0.25) is 5.91 Å². The maximum atomic E-state index is 12.6. The normalized spacial score (nSPS) is 11.7. The topological polar surface area (TPSA) is 99.5 Å². The number of amides is 1. The maximum Gasteiger partial charge on any atom is 0.348 e. The number of methoxy groups -OCH3 is 1. The molecule has 0 bridgehead atoms. The molecule has 2 aromatic rings. The van der Waals surface area contributed by atoms with E-state index < -0.39 is 18.0 Å². The number of nitrogens with one attached hydrogen (secondary N) is 1. The minimum Gasteiger partial charge on any atom is -0.465 e. The van der Waals surface area contributed by atoms with Crippen molar-refractivity contribution in [3.63, 3.8) is 0 Å². The van der Waals surface area contributed by atoms with E-state index in [-0.39, 0.29) is 28.0 Å². The molecule has 1 N–H and O–H groups in total. The molecule has 0 spiro atoms. The molecule has 2 rings (SSSR count). The summed E-state index contributed by atoms with van der Waals surface area (Å²) in [5, 5.41) is 7.21. The van der Waals surface area contributed by atoms with Crippen molar-refractivity contribution in [3.05, 3.63) is 34.0 Å². The molecule has 1 unspecified atom stereocenters. The molecule has 0 fully saturated rings. The fraction of sp³-hybridized carbons (Fsp3) is 0.444. The van der Waals surface area contributed by atoms with Crippen LogP contribution in [0.2, 0.25) is 0 Å². The van der Waals surface area contributed by atoms with Gasteiger partial charge in [-0.2, -0.15) is 5.10 Å². The molecule has 1 amide bonds. The number of hydrogen-bond donors (Lipinski definition) is 1. The van der Waals surface area contributed by atoms with Crippen LogP contribution in [0.15, 0.2) is 12.3 Å². The lowest BCUT2D eigenvalue weighted by Crippen LogP contribution is -2.24. The molecule has 0 aliphatic carbocycles. The minimum atomic E-state index is -0.595. The summed E-state index contributed by atoms with van der Waals surface area (Å²) in [5.41, 5.74) is 1.38. The highest BCUT2D eigenvalue weighted by molar-refractivity contribution is 7.18. The van der Waals surface area contributed by atoms with Crippen LogP contribution in [0, 0.1) is 13.8 Å². The molecule has 0 aromatic carbocycles. The van der Waals surface area contributed by atoms with Gasteiger partial charge in [-0.25, -0.2) is 9.59 Å². The Balaban J connectivity index is 2.34. The highest BCUT2D eigenvalue weighted by Gasteiger charge is 2.28. The number of aromatic nitrogens is 2. The molecular formula is C18H23N3O5S. The average Bonchev–Trinajstić information content (AvgIpc) is 3.21. The number of ether oxygens (including phenoxy) is 2. The third-order valence-corrected chi connectivity index (χ3v) is 5.10. The van der Waals surface area contributed by atoms with Crippen LogP contribution in [-0.2, 0) is 14.3 Å². The van der Waals surface area contributed by atoms with E-state index >= 15 is 0 Å². The van der Waals surface area contributed by atoms with Crippen LogP contribution in [0.25, 0.3) is 0 Å². The first-order chi connectivity index (χ1) is 12.8. The van der Waals surface area contributed by atoms with Crippen molar-refractivity contribution in [2.75, 3.05) is 19.0 Å². The lowest BCUT2D eigenvalue weighted by molar-refractivity contribution is -0.119. The fourth-order valence-electron chi connectivity index (χ4n) is 2.39. The van der Waals surface area contributed by atoms with Gasteiger partial charge in [-0.1, -0.05) is 6.92 Å². The number of nitrogens with zero attached hydrogens (tertiary/aromatic N) is 2. The van der Waals surface area contributed by atoms with Crippen molar-refractivity contribution in [3.8, 4) is 0 Å². The molecule has 2 heterocycles. The number of esters is 2. The third kappa shape index (κ3) is 4.54. The molecule has 0 radical (unpaired) electrons. The third-order valence-electron chi connectivity index (χ3n) is 3.91. The first kappa shape index (κ1) is 20.6. The van der Waals surface area contributed by atoms with Crippen LogP contribution < -0.4 is 5.32 Å². The largest absolute Gasteiger partial charge is 0.465 e. The summed E-state index contributed by atoms with van der Waals surface area (Å²) < 4.78 is 11.5. The number of aryl methyl sites for hydroxylation is 1. The molecule has 8 nitrogen and oxygen atoms in total. The summed E-state index contributed by atoms with van der Waals surface area (Å²) in [7, 11) is 1.26. The van der Waals surface area contributed by atoms with Crippen LogP contribution in [0.4, 0.5) is 5.00 Å². The predicted molar refractivity (Wildman–Crippen MR) is 101 cm³/mol. The highest BCUT2D eigenvalue weighted by Crippen LogP contribution is 2.34. The van der Waals surface area contributed by atoms with Crippen molar-refractivity contribution in [2.24, 2.45) is 0 Å². The second kappa shape index (κ2) is 8.81. The first-order valence-electron chi connectivity index (χ1n) is 8.51. The van der Waals surface area contributed by atoms with Crippen LogP contribution in [0.1, 0.15) is 57.6 Å². The summed E-state index contributed by atoms with van der Waals surface area (Å²) in [6, 6.07) is 1.20. The average molecular weight is 393 g/mol. The number of rotatable bonds is 7. The van der Waals surface area contributed by atoms with Gasteiger partial charge in [0.1, 0.15) is 15.9 Å². The highest BCUT2D eigenvalue weighted by atomic mass is 32.1. The summed E-state index contributed by atoms with van der Waals surface area (Å²) in [6.45, 7) is 7.27. The van der Waals surface area contributed by atoms with Gasteiger partial charge < -0.3 is 14.8 Å². The lowest BCUT2D eigenvalue weighted by atomic mass is 10.1. The smallest absolute Gasteiger partial charge is 0.348 e. The number of anilines is 1. The van der Waals surface area contributed by atoms with Gasteiger partial charge in [-0.15, -0.1) is 11.3 Å². The number of carbonyl (C=O) groups excluding carboxylic acids is 3. The van der Waals surface area contributed by atoms with Crippen molar-refractivity contribution in [1.82, 2.24) is 9.78 Å². The van der Waals surface area contributed by atoms with Gasteiger partial charge in [0.25, 0.3) is 0 Å². The van der Waals surface area contributed by atoms with Gasteiger partial charge in [-0.3, -0.25) is 9.48 Å². The summed E-state index contributed by atoms with van der Waals surface area (Å²) >= 11 is 0.990. The van der Waals surface area contributed by atoms with Crippen molar-refractivity contribution in [2.45, 2.75) is 40.2 Å². The molecule has 0 aliphatic rings. The molecule has 27 heavy (non-hydrogen) atoms. The van der Waals surface area contributed by atoms with Gasteiger partial charge >= 0.3 is 11.9 Å². The minimum absolute atomic E-state index is 0.172. The standard InChI is InChI=1S/C18H23N3O5S/c1-6-9-26-17(23)13-11(3)14(18(24)25-5)27-16(13)19-15(22)12(4)21-8-7-10(2)20-21/h7-8,12H,6,9H2,1-5H3,(H,19,22). The van der Waals surface area contributed by atoms with Gasteiger partial charge in [0.15, 0.2) is 0 Å². The van der Waals surface area contributed by atoms with Gasteiger partial charge in [-0.05, 0) is 38.8 Å². The van der Waals surface area contributed by atoms with Crippen molar-refractivity contribution in [1.29, 1.82) is 0 Å². The van der Waals surface area contributed by atoms with E-state index in [0.717, 1.165) is 17.0 Å². The Bertz CT molecular complexity index is 855. The molecular weight excluding hydrogens is 370 g/mol. The molecule has 1 atom stereocenters. The molecule has 0 aliphatic heterocycles. The number of thiophene rings is 1. The van der Waals surface area contributed by atoms with E-state index in [1.165, 1.54) is 11.8 Å². The van der Waals surface area contributed by atoms with Crippen LogP contribution >= 0.6 is 11.3 Å².